The van der Waals surface area contributed by atoms with Crippen LogP contribution >= 0.6 is 0 Å². The van der Waals surface area contributed by atoms with Crippen molar-refractivity contribution in [2.24, 2.45) is 5.92 Å². The van der Waals surface area contributed by atoms with Gasteiger partial charge in [0.1, 0.15) is 5.69 Å². The number of benzene rings is 2. The fourth-order valence-corrected chi connectivity index (χ4v) is 3.91. The molecule has 144 valence electrons. The minimum absolute atomic E-state index is 0.0693. The van der Waals surface area contributed by atoms with E-state index >= 15 is 0 Å². The average molecular weight is 390 g/mol. The van der Waals surface area contributed by atoms with Gasteiger partial charge < -0.3 is 10.1 Å². The van der Waals surface area contributed by atoms with Gasteiger partial charge in [-0.3, -0.25) is 10.1 Å². The van der Waals surface area contributed by atoms with Crippen molar-refractivity contribution in [3.63, 3.8) is 0 Å². The second kappa shape index (κ2) is 8.06. The summed E-state index contributed by atoms with van der Waals surface area (Å²) in [7, 11) is -3.52. The van der Waals surface area contributed by atoms with E-state index in [1.807, 2.05) is 30.3 Å². The summed E-state index contributed by atoms with van der Waals surface area (Å²) in [5.74, 6) is 0.372. The topological polar surface area (TPSA) is 98.5 Å². The molecule has 1 aliphatic rings. The normalized spacial score (nSPS) is 18.2. The minimum Gasteiger partial charge on any atom is -0.381 e. The van der Waals surface area contributed by atoms with Crippen molar-refractivity contribution >= 4 is 21.2 Å². The van der Waals surface area contributed by atoms with E-state index in [2.05, 4.69) is 5.32 Å². The van der Waals surface area contributed by atoms with Crippen LogP contribution in [0.4, 0.5) is 11.4 Å². The van der Waals surface area contributed by atoms with Gasteiger partial charge >= 0.3 is 0 Å². The van der Waals surface area contributed by atoms with Crippen LogP contribution in [-0.4, -0.2) is 32.8 Å². The number of anilines is 1. The number of sulfone groups is 1. The highest BCUT2D eigenvalue weighted by molar-refractivity contribution is 7.90. The van der Waals surface area contributed by atoms with Crippen molar-refractivity contribution in [2.45, 2.75) is 23.8 Å². The lowest BCUT2D eigenvalue weighted by Crippen LogP contribution is -2.17. The molecule has 7 nitrogen and oxygen atoms in total. The monoisotopic (exact) mass is 390 g/mol. The van der Waals surface area contributed by atoms with Crippen LogP contribution in [0.1, 0.15) is 24.4 Å². The highest BCUT2D eigenvalue weighted by Crippen LogP contribution is 2.34. The molecule has 1 heterocycles. The fraction of sp³-hybridized carbons (Fsp3) is 0.368. The number of nitro benzene ring substituents is 1. The summed E-state index contributed by atoms with van der Waals surface area (Å²) in [4.78, 5) is 10.9. The van der Waals surface area contributed by atoms with E-state index < -0.39 is 14.8 Å². The third-order valence-electron chi connectivity index (χ3n) is 4.72. The van der Waals surface area contributed by atoms with E-state index in [0.717, 1.165) is 37.3 Å². The standard InChI is InChI=1S/C19H22N2O5S/c1-27(24,25)16-7-8-17(19(12-16)21(22)23)20-18(11-14-9-10-26-13-14)15-5-3-2-4-6-15/h2-8,12,14,18,20H,9-11,13H2,1H3. The molecule has 0 aliphatic carbocycles. The zero-order valence-corrected chi connectivity index (χ0v) is 15.8. The smallest absolute Gasteiger partial charge is 0.293 e. The summed E-state index contributed by atoms with van der Waals surface area (Å²) in [6.07, 6.45) is 2.77. The Morgan fingerprint density at radius 1 is 1.26 bits per heavy atom. The number of ether oxygens (including phenoxy) is 1. The maximum absolute atomic E-state index is 11.7. The number of hydrogen-bond acceptors (Lipinski definition) is 6. The van der Waals surface area contributed by atoms with Crippen LogP contribution in [0.5, 0.6) is 0 Å². The van der Waals surface area contributed by atoms with Crippen LogP contribution < -0.4 is 5.32 Å². The van der Waals surface area contributed by atoms with Crippen LogP contribution in [0.2, 0.25) is 0 Å². The molecule has 1 N–H and O–H groups in total. The summed E-state index contributed by atoms with van der Waals surface area (Å²) in [6, 6.07) is 13.6. The van der Waals surface area contributed by atoms with E-state index in [1.165, 1.54) is 12.1 Å². The van der Waals surface area contributed by atoms with Gasteiger partial charge in [-0.15, -0.1) is 0 Å². The van der Waals surface area contributed by atoms with Gasteiger partial charge in [0.25, 0.3) is 5.69 Å². The van der Waals surface area contributed by atoms with E-state index in [-0.39, 0.29) is 16.6 Å². The highest BCUT2D eigenvalue weighted by Gasteiger charge is 2.25. The average Bonchev–Trinajstić information content (AvgIpc) is 3.14. The van der Waals surface area contributed by atoms with Gasteiger partial charge in [-0.25, -0.2) is 8.42 Å². The van der Waals surface area contributed by atoms with Gasteiger partial charge in [0, 0.05) is 25.5 Å². The molecule has 0 saturated carbocycles. The molecule has 3 rings (SSSR count). The van der Waals surface area contributed by atoms with E-state index in [1.54, 1.807) is 0 Å². The Bertz CT molecular complexity index is 909. The van der Waals surface area contributed by atoms with Gasteiger partial charge in [-0.1, -0.05) is 30.3 Å². The second-order valence-electron chi connectivity index (χ2n) is 6.78. The Kier molecular flexibility index (Phi) is 5.76. The summed E-state index contributed by atoms with van der Waals surface area (Å²) >= 11 is 0. The molecule has 0 bridgehead atoms. The molecule has 1 saturated heterocycles. The maximum Gasteiger partial charge on any atom is 0.293 e. The summed E-state index contributed by atoms with van der Waals surface area (Å²) in [5.41, 5.74) is 1.08. The van der Waals surface area contributed by atoms with Crippen molar-refractivity contribution < 1.29 is 18.1 Å². The SMILES string of the molecule is CS(=O)(=O)c1ccc(NC(CC2CCOC2)c2ccccc2)c([N+](=O)[O-])c1. The molecule has 1 fully saturated rings. The number of nitro groups is 1. The Labute approximate surface area is 158 Å². The van der Waals surface area contributed by atoms with E-state index in [0.29, 0.717) is 18.2 Å². The molecule has 2 aromatic carbocycles. The predicted octanol–water partition coefficient (Wildman–Crippen LogP) is 3.58. The zero-order chi connectivity index (χ0) is 19.4. The molecule has 0 aromatic heterocycles. The third kappa shape index (κ3) is 4.84. The molecule has 27 heavy (non-hydrogen) atoms. The first-order chi connectivity index (χ1) is 12.8. The van der Waals surface area contributed by atoms with Crippen molar-refractivity contribution in [1.29, 1.82) is 0 Å². The van der Waals surface area contributed by atoms with Crippen LogP contribution in [0.3, 0.4) is 0 Å². The molecule has 0 amide bonds. The zero-order valence-electron chi connectivity index (χ0n) is 15.0. The van der Waals surface area contributed by atoms with Gasteiger partial charge in [0.15, 0.2) is 9.84 Å². The largest absolute Gasteiger partial charge is 0.381 e. The quantitative estimate of drug-likeness (QED) is 0.573. The first kappa shape index (κ1) is 19.3. The lowest BCUT2D eigenvalue weighted by Gasteiger charge is -2.23. The molecular weight excluding hydrogens is 368 g/mol. The van der Waals surface area contributed by atoms with Gasteiger partial charge in [-0.05, 0) is 36.5 Å². The highest BCUT2D eigenvalue weighted by atomic mass is 32.2. The molecule has 0 radical (unpaired) electrons. The summed E-state index contributed by atoms with van der Waals surface area (Å²) < 4.78 is 28.9. The van der Waals surface area contributed by atoms with Crippen LogP contribution in [0, 0.1) is 16.0 Å². The Hall–Kier alpha value is -2.45. The molecule has 0 spiro atoms. The maximum atomic E-state index is 11.7. The number of rotatable bonds is 7. The molecule has 2 unspecified atom stereocenters. The van der Waals surface area contributed by atoms with E-state index in [4.69, 9.17) is 4.74 Å². The van der Waals surface area contributed by atoms with Crippen LogP contribution in [-0.2, 0) is 14.6 Å². The number of nitrogens with zero attached hydrogens (tertiary/aromatic N) is 1. The molecule has 1 aliphatic heterocycles. The first-order valence-corrected chi connectivity index (χ1v) is 10.6. The van der Waals surface area contributed by atoms with Crippen molar-refractivity contribution in [1.82, 2.24) is 0 Å². The first-order valence-electron chi connectivity index (χ1n) is 8.72. The number of hydrogen-bond donors (Lipinski definition) is 1. The predicted molar refractivity (Wildman–Crippen MR) is 103 cm³/mol. The Balaban J connectivity index is 1.93. The van der Waals surface area contributed by atoms with Crippen molar-refractivity contribution in [3.8, 4) is 0 Å². The van der Waals surface area contributed by atoms with Crippen LogP contribution in [0.25, 0.3) is 0 Å². The fourth-order valence-electron chi connectivity index (χ4n) is 3.27. The molecule has 2 atom stereocenters. The summed E-state index contributed by atoms with van der Waals surface area (Å²) in [6.45, 7) is 1.41. The van der Waals surface area contributed by atoms with E-state index in [9.17, 15) is 18.5 Å². The van der Waals surface area contributed by atoms with Crippen LogP contribution in [0.15, 0.2) is 53.4 Å². The lowest BCUT2D eigenvalue weighted by molar-refractivity contribution is -0.384. The molecular formula is C19H22N2O5S. The number of nitrogens with one attached hydrogen (secondary N) is 1. The Morgan fingerprint density at radius 3 is 2.59 bits per heavy atom. The molecule has 2 aromatic rings. The van der Waals surface area contributed by atoms with Gasteiger partial charge in [-0.2, -0.15) is 0 Å². The Morgan fingerprint density at radius 2 is 2.00 bits per heavy atom. The third-order valence-corrected chi connectivity index (χ3v) is 5.83. The van der Waals surface area contributed by atoms with Gasteiger partial charge in [0.2, 0.25) is 0 Å². The van der Waals surface area contributed by atoms with Crippen molar-refractivity contribution in [2.75, 3.05) is 24.8 Å². The minimum atomic E-state index is -3.52. The molecule has 8 heteroatoms. The summed E-state index contributed by atoms with van der Waals surface area (Å²) in [5, 5.41) is 14.8. The second-order valence-corrected chi connectivity index (χ2v) is 8.80. The lowest BCUT2D eigenvalue weighted by atomic mass is 9.94. The van der Waals surface area contributed by atoms with Crippen molar-refractivity contribution in [3.05, 3.63) is 64.2 Å². The van der Waals surface area contributed by atoms with Gasteiger partial charge in [0.05, 0.1) is 15.9 Å².